The van der Waals surface area contributed by atoms with Gasteiger partial charge in [0.05, 0.1) is 12.2 Å². The molecule has 0 spiro atoms. The normalized spacial score (nSPS) is 15.2. The molecule has 0 radical (unpaired) electrons. The third-order valence-corrected chi connectivity index (χ3v) is 5.93. The maximum absolute atomic E-state index is 12.6. The van der Waals surface area contributed by atoms with Crippen LogP contribution in [-0.4, -0.2) is 30.6 Å². The molecule has 0 fully saturated rings. The summed E-state index contributed by atoms with van der Waals surface area (Å²) in [6.07, 6.45) is 0. The highest BCUT2D eigenvalue weighted by molar-refractivity contribution is 7.90. The van der Waals surface area contributed by atoms with Gasteiger partial charge in [-0.15, -0.1) is 0 Å². The summed E-state index contributed by atoms with van der Waals surface area (Å²) in [4.78, 5) is 29.5. The lowest BCUT2D eigenvalue weighted by atomic mass is 10.1. The molecule has 1 aliphatic heterocycles. The van der Waals surface area contributed by atoms with Crippen molar-refractivity contribution < 1.29 is 22.8 Å². The molecule has 8 heteroatoms. The molecule has 0 bridgehead atoms. The molecule has 0 aliphatic carbocycles. The van der Waals surface area contributed by atoms with Crippen LogP contribution in [0.2, 0.25) is 0 Å². The number of nitrogens with zero attached hydrogens (tertiary/aromatic N) is 1. The van der Waals surface area contributed by atoms with Crippen LogP contribution in [-0.2, 0) is 21.5 Å². The molecule has 3 rings (SSSR count). The maximum Gasteiger partial charge on any atom is 0.274 e. The lowest BCUT2D eigenvalue weighted by Crippen LogP contribution is -2.36. The molecule has 1 heterocycles. The fourth-order valence-corrected chi connectivity index (χ4v) is 4.51. The van der Waals surface area contributed by atoms with Gasteiger partial charge in [0.15, 0.2) is 0 Å². The van der Waals surface area contributed by atoms with Crippen molar-refractivity contribution in [1.29, 1.82) is 0 Å². The number of amides is 2. The Hall–Kier alpha value is -2.71. The number of sulfonamides is 1. The van der Waals surface area contributed by atoms with E-state index in [0.29, 0.717) is 0 Å². The van der Waals surface area contributed by atoms with Gasteiger partial charge in [0.2, 0.25) is 0 Å². The molecule has 136 valence electrons. The number of fused-ring (bicyclic) bond motifs is 1. The topological polar surface area (TPSA) is 92.8 Å². The summed E-state index contributed by atoms with van der Waals surface area (Å²) < 4.78 is 25.9. The van der Waals surface area contributed by atoms with Crippen LogP contribution >= 0.6 is 0 Å². The van der Waals surface area contributed by atoms with E-state index >= 15 is 0 Å². The molecule has 7 nitrogen and oxygen atoms in total. The molecule has 0 atom stereocenters. The molecule has 0 aromatic heterocycles. The van der Waals surface area contributed by atoms with Gasteiger partial charge < -0.3 is 0 Å². The van der Waals surface area contributed by atoms with Gasteiger partial charge >= 0.3 is 0 Å². The van der Waals surface area contributed by atoms with Crippen LogP contribution in [0.5, 0.6) is 0 Å². The van der Waals surface area contributed by atoms with Crippen molar-refractivity contribution >= 4 is 21.8 Å². The van der Waals surface area contributed by atoms with Crippen molar-refractivity contribution in [2.75, 3.05) is 0 Å². The number of benzene rings is 2. The molecule has 1 N–H and O–H groups in total. The molecule has 0 unspecified atom stereocenters. The first-order valence-electron chi connectivity index (χ1n) is 8.01. The minimum absolute atomic E-state index is 0.0699. The summed E-state index contributed by atoms with van der Waals surface area (Å²) in [7, 11) is -3.95. The van der Waals surface area contributed by atoms with E-state index < -0.39 is 27.9 Å². The summed E-state index contributed by atoms with van der Waals surface area (Å²) in [5.41, 5.74) is 3.32. The SMILES string of the molecule is CC(C)N1C(=O)c2ccc(C(=O)NOCc3ccccc3)cc2S1(=O)=O. The lowest BCUT2D eigenvalue weighted by molar-refractivity contribution is 0.0233. The Morgan fingerprint density at radius 3 is 2.50 bits per heavy atom. The van der Waals surface area contributed by atoms with Crippen molar-refractivity contribution in [1.82, 2.24) is 9.79 Å². The van der Waals surface area contributed by atoms with E-state index in [-0.39, 0.29) is 22.6 Å². The van der Waals surface area contributed by atoms with E-state index in [1.807, 2.05) is 30.3 Å². The van der Waals surface area contributed by atoms with E-state index in [2.05, 4.69) is 5.48 Å². The maximum atomic E-state index is 12.6. The number of hydrogen-bond donors (Lipinski definition) is 1. The summed E-state index contributed by atoms with van der Waals surface area (Å²) in [6.45, 7) is 3.41. The minimum atomic E-state index is -3.95. The molecule has 2 aromatic carbocycles. The van der Waals surface area contributed by atoms with Crippen LogP contribution in [0.1, 0.15) is 40.1 Å². The smallest absolute Gasteiger partial charge is 0.269 e. The highest BCUT2D eigenvalue weighted by Crippen LogP contribution is 2.32. The predicted molar refractivity (Wildman–Crippen MR) is 93.6 cm³/mol. The van der Waals surface area contributed by atoms with Crippen LogP contribution in [0, 0.1) is 0 Å². The fraction of sp³-hybridized carbons (Fsp3) is 0.222. The first-order valence-corrected chi connectivity index (χ1v) is 9.45. The zero-order valence-corrected chi connectivity index (χ0v) is 15.1. The van der Waals surface area contributed by atoms with Gasteiger partial charge in [-0.1, -0.05) is 30.3 Å². The van der Waals surface area contributed by atoms with Gasteiger partial charge in [0.25, 0.3) is 21.8 Å². The van der Waals surface area contributed by atoms with Crippen LogP contribution in [0.15, 0.2) is 53.4 Å². The number of nitrogens with one attached hydrogen (secondary N) is 1. The third-order valence-electron chi connectivity index (χ3n) is 3.93. The molecular formula is C18H18N2O5S. The van der Waals surface area contributed by atoms with Gasteiger partial charge in [0, 0.05) is 11.6 Å². The molecule has 2 amide bonds. The number of carbonyl (C=O) groups excluding carboxylic acids is 2. The van der Waals surface area contributed by atoms with Crippen molar-refractivity contribution in [2.45, 2.75) is 31.4 Å². The Morgan fingerprint density at radius 2 is 1.85 bits per heavy atom. The number of rotatable bonds is 5. The fourth-order valence-electron chi connectivity index (χ4n) is 2.72. The van der Waals surface area contributed by atoms with Crippen molar-refractivity contribution in [3.05, 3.63) is 65.2 Å². The van der Waals surface area contributed by atoms with Gasteiger partial charge in [0.1, 0.15) is 4.90 Å². The number of carbonyl (C=O) groups is 2. The Morgan fingerprint density at radius 1 is 1.15 bits per heavy atom. The number of hydroxylamine groups is 1. The molecule has 0 saturated heterocycles. The second-order valence-electron chi connectivity index (χ2n) is 6.12. The zero-order chi connectivity index (χ0) is 18.9. The first kappa shape index (κ1) is 18.1. The summed E-state index contributed by atoms with van der Waals surface area (Å²) in [5, 5.41) is 0. The summed E-state index contributed by atoms with van der Waals surface area (Å²) in [5.74, 6) is -1.17. The summed E-state index contributed by atoms with van der Waals surface area (Å²) in [6, 6.07) is 12.7. The average molecular weight is 374 g/mol. The minimum Gasteiger partial charge on any atom is -0.269 e. The second kappa shape index (κ2) is 6.89. The highest BCUT2D eigenvalue weighted by Gasteiger charge is 2.42. The first-order chi connectivity index (χ1) is 12.3. The van der Waals surface area contributed by atoms with Crippen LogP contribution in [0.4, 0.5) is 0 Å². The van der Waals surface area contributed by atoms with Gasteiger partial charge in [-0.2, -0.15) is 0 Å². The van der Waals surface area contributed by atoms with E-state index in [4.69, 9.17) is 4.84 Å². The Bertz CT molecular complexity index is 955. The Balaban J connectivity index is 1.76. The Labute approximate surface area is 151 Å². The molecule has 1 aliphatic rings. The van der Waals surface area contributed by atoms with Gasteiger partial charge in [-0.25, -0.2) is 18.2 Å². The van der Waals surface area contributed by atoms with E-state index in [0.717, 1.165) is 9.87 Å². The molecular weight excluding hydrogens is 356 g/mol. The third kappa shape index (κ3) is 3.21. The van der Waals surface area contributed by atoms with E-state index in [9.17, 15) is 18.0 Å². The lowest BCUT2D eigenvalue weighted by Gasteiger charge is -2.18. The molecule has 0 saturated carbocycles. The van der Waals surface area contributed by atoms with Crippen molar-refractivity contribution in [2.24, 2.45) is 0 Å². The quantitative estimate of drug-likeness (QED) is 0.809. The predicted octanol–water partition coefficient (Wildman–Crippen LogP) is 2.10. The van der Waals surface area contributed by atoms with Crippen LogP contribution < -0.4 is 5.48 Å². The van der Waals surface area contributed by atoms with Crippen LogP contribution in [0.3, 0.4) is 0 Å². The monoisotopic (exact) mass is 374 g/mol. The van der Waals surface area contributed by atoms with Gasteiger partial charge in [-0.05, 0) is 37.6 Å². The van der Waals surface area contributed by atoms with E-state index in [1.54, 1.807) is 13.8 Å². The van der Waals surface area contributed by atoms with Crippen molar-refractivity contribution in [3.8, 4) is 0 Å². The second-order valence-corrected chi connectivity index (χ2v) is 7.90. The number of hydrogen-bond acceptors (Lipinski definition) is 5. The summed E-state index contributed by atoms with van der Waals surface area (Å²) >= 11 is 0. The largest absolute Gasteiger partial charge is 0.274 e. The van der Waals surface area contributed by atoms with Crippen molar-refractivity contribution in [3.63, 3.8) is 0 Å². The highest BCUT2D eigenvalue weighted by atomic mass is 32.2. The molecule has 26 heavy (non-hydrogen) atoms. The standard InChI is InChI=1S/C18H18N2O5S/c1-12(2)20-18(22)15-9-8-14(10-16(15)26(20,23)24)17(21)19-25-11-13-6-4-3-5-7-13/h3-10,12H,11H2,1-2H3,(H,19,21). The van der Waals surface area contributed by atoms with Crippen LogP contribution in [0.25, 0.3) is 0 Å². The Kier molecular flexibility index (Phi) is 4.80. The molecule has 2 aromatic rings. The van der Waals surface area contributed by atoms with E-state index in [1.165, 1.54) is 18.2 Å². The van der Waals surface area contributed by atoms with Gasteiger partial charge in [-0.3, -0.25) is 14.4 Å². The average Bonchev–Trinajstić information content (AvgIpc) is 2.81. The zero-order valence-electron chi connectivity index (χ0n) is 14.3.